The largest absolute Gasteiger partial charge is 0.472 e. The molecule has 0 rings (SSSR count). The van der Waals surface area contributed by atoms with Crippen LogP contribution in [0.2, 0.25) is 0 Å². The SMILES string of the molecule is CCCCCCCCCCCCCCCCCCCCCCCCC(=O)O[C@H](COC(=O)CCCCCCCCCCCCCCCCCCCCCC)COP(=O)(O)OC[C@@H](O)COP(=O)(O)OC[C@@H](COC(=O)CCCCCCCCC)OC(=O)CCCCCCCCCCC(C)C. The number of unbranched alkanes of at least 4 members (excludes halogenated alkanes) is 53. The van der Waals surface area contributed by atoms with E-state index in [1.165, 1.54) is 244 Å². The van der Waals surface area contributed by atoms with Crippen LogP contribution in [0.5, 0.6) is 0 Å². The molecule has 0 heterocycles. The molecular formula is C81H158O17P2. The van der Waals surface area contributed by atoms with Gasteiger partial charge in [-0.05, 0) is 31.6 Å². The van der Waals surface area contributed by atoms with Gasteiger partial charge in [0, 0.05) is 25.7 Å². The minimum absolute atomic E-state index is 0.105. The van der Waals surface area contributed by atoms with Gasteiger partial charge in [0.05, 0.1) is 26.4 Å². The Labute approximate surface area is 613 Å². The van der Waals surface area contributed by atoms with E-state index in [1.54, 1.807) is 0 Å². The number of phosphoric ester groups is 2. The Morgan fingerprint density at radius 1 is 0.270 bits per heavy atom. The Morgan fingerprint density at radius 2 is 0.460 bits per heavy atom. The van der Waals surface area contributed by atoms with Crippen molar-refractivity contribution in [1.29, 1.82) is 0 Å². The van der Waals surface area contributed by atoms with Crippen LogP contribution >= 0.6 is 15.6 Å². The minimum atomic E-state index is -4.96. The Morgan fingerprint density at radius 3 is 0.680 bits per heavy atom. The second-order valence-electron chi connectivity index (χ2n) is 29.6. The number of esters is 4. The van der Waals surface area contributed by atoms with E-state index in [9.17, 15) is 43.2 Å². The highest BCUT2D eigenvalue weighted by Gasteiger charge is 2.30. The average Bonchev–Trinajstić information content (AvgIpc) is 0.922. The van der Waals surface area contributed by atoms with Crippen molar-refractivity contribution in [1.82, 2.24) is 0 Å². The van der Waals surface area contributed by atoms with Gasteiger partial charge in [0.25, 0.3) is 0 Å². The van der Waals surface area contributed by atoms with Crippen LogP contribution in [0.1, 0.15) is 433 Å². The number of hydrogen-bond donors (Lipinski definition) is 3. The first-order chi connectivity index (χ1) is 48.5. The van der Waals surface area contributed by atoms with Crippen molar-refractivity contribution < 1.29 is 80.2 Å². The maximum absolute atomic E-state index is 13.1. The highest BCUT2D eigenvalue weighted by Crippen LogP contribution is 2.45. The fourth-order valence-corrected chi connectivity index (χ4v) is 14.2. The summed E-state index contributed by atoms with van der Waals surface area (Å²) in [6.07, 6.45) is 65.8. The molecule has 19 heteroatoms. The molecule has 5 atom stereocenters. The number of carbonyl (C=O) groups is 4. The molecular weight excluding hydrogens is 1310 g/mol. The lowest BCUT2D eigenvalue weighted by Crippen LogP contribution is -2.30. The second kappa shape index (κ2) is 73.9. The van der Waals surface area contributed by atoms with Gasteiger partial charge in [-0.25, -0.2) is 9.13 Å². The first kappa shape index (κ1) is 98.1. The first-order valence-electron chi connectivity index (χ1n) is 42.1. The van der Waals surface area contributed by atoms with Gasteiger partial charge >= 0.3 is 39.5 Å². The Bertz CT molecular complexity index is 1910. The van der Waals surface area contributed by atoms with Gasteiger partial charge in [0.1, 0.15) is 19.3 Å². The topological polar surface area (TPSA) is 237 Å². The molecule has 0 bridgehead atoms. The molecule has 2 unspecified atom stereocenters. The number of rotatable bonds is 81. The summed E-state index contributed by atoms with van der Waals surface area (Å²) >= 11 is 0. The third kappa shape index (κ3) is 74.3. The summed E-state index contributed by atoms with van der Waals surface area (Å²) < 4.78 is 68.5. The summed E-state index contributed by atoms with van der Waals surface area (Å²) in [6, 6.07) is 0. The lowest BCUT2D eigenvalue weighted by molar-refractivity contribution is -0.161. The average molecular weight is 1470 g/mol. The van der Waals surface area contributed by atoms with Crippen LogP contribution in [0.25, 0.3) is 0 Å². The molecule has 0 aromatic carbocycles. The smallest absolute Gasteiger partial charge is 0.462 e. The van der Waals surface area contributed by atoms with Crippen LogP contribution in [0, 0.1) is 5.92 Å². The lowest BCUT2D eigenvalue weighted by atomic mass is 10.0. The van der Waals surface area contributed by atoms with Crippen molar-refractivity contribution in [3.05, 3.63) is 0 Å². The number of carbonyl (C=O) groups excluding carboxylic acids is 4. The van der Waals surface area contributed by atoms with Crippen molar-refractivity contribution in [2.24, 2.45) is 5.92 Å². The number of phosphoric acid groups is 2. The fourth-order valence-electron chi connectivity index (χ4n) is 12.6. The summed E-state index contributed by atoms with van der Waals surface area (Å²) in [7, 11) is -9.91. The number of ether oxygens (including phenoxy) is 4. The van der Waals surface area contributed by atoms with Crippen LogP contribution in [-0.4, -0.2) is 96.7 Å². The van der Waals surface area contributed by atoms with E-state index in [4.69, 9.17) is 37.0 Å². The third-order valence-electron chi connectivity index (χ3n) is 19.0. The van der Waals surface area contributed by atoms with E-state index in [1.807, 2.05) is 0 Å². The van der Waals surface area contributed by atoms with Crippen molar-refractivity contribution in [3.8, 4) is 0 Å². The zero-order chi connectivity index (χ0) is 73.4. The molecule has 0 spiro atoms. The minimum Gasteiger partial charge on any atom is -0.462 e. The van der Waals surface area contributed by atoms with Crippen molar-refractivity contribution in [2.75, 3.05) is 39.6 Å². The molecule has 0 aliphatic rings. The van der Waals surface area contributed by atoms with E-state index >= 15 is 0 Å². The zero-order valence-corrected chi connectivity index (χ0v) is 67.1. The van der Waals surface area contributed by atoms with Crippen LogP contribution in [0.3, 0.4) is 0 Å². The summed E-state index contributed by atoms with van der Waals surface area (Å²) in [6.45, 7) is 7.23. The quantitative estimate of drug-likeness (QED) is 0.0222. The van der Waals surface area contributed by atoms with Crippen molar-refractivity contribution >= 4 is 39.5 Å². The van der Waals surface area contributed by atoms with Gasteiger partial charge < -0.3 is 33.8 Å². The standard InChI is InChI=1S/C81H158O17P2/c1-6-9-12-15-18-20-22-24-26-28-30-32-33-35-37-39-41-43-45-51-56-61-66-80(85)97-77(71-92-79(84)65-60-55-50-44-42-40-38-36-34-31-29-27-25-23-21-19-16-13-10-7-2)73-96-100(89,90)94-69-75(82)68-93-99(87,88)95-72-76(70-91-78(83)64-59-54-48-17-14-11-8-3)98-81(86)67-62-57-52-47-46-49-53-58-63-74(4)5/h74-77,82H,6-73H2,1-5H3,(H,87,88)(H,89,90)/t75-,76+,77+/m0/s1. The predicted molar refractivity (Wildman–Crippen MR) is 409 cm³/mol. The molecule has 0 aliphatic heterocycles. The van der Waals surface area contributed by atoms with E-state index in [0.717, 1.165) is 109 Å². The maximum atomic E-state index is 13.1. The van der Waals surface area contributed by atoms with E-state index in [-0.39, 0.29) is 25.7 Å². The van der Waals surface area contributed by atoms with Crippen LogP contribution in [0.15, 0.2) is 0 Å². The Balaban J connectivity index is 5.13. The van der Waals surface area contributed by atoms with Gasteiger partial charge in [0.15, 0.2) is 12.2 Å². The van der Waals surface area contributed by atoms with E-state index in [2.05, 4.69) is 34.6 Å². The molecule has 17 nitrogen and oxygen atoms in total. The molecule has 0 saturated carbocycles. The predicted octanol–water partition coefficient (Wildman–Crippen LogP) is 24.4. The normalized spacial score (nSPS) is 13.8. The van der Waals surface area contributed by atoms with Gasteiger partial charge in [-0.15, -0.1) is 0 Å². The van der Waals surface area contributed by atoms with Gasteiger partial charge in [0.2, 0.25) is 0 Å². The summed E-state index contributed by atoms with van der Waals surface area (Å²) in [5.41, 5.74) is 0. The summed E-state index contributed by atoms with van der Waals surface area (Å²) in [5, 5.41) is 10.6. The number of hydrogen-bond acceptors (Lipinski definition) is 15. The zero-order valence-electron chi connectivity index (χ0n) is 65.3. The van der Waals surface area contributed by atoms with E-state index < -0.39 is 97.5 Å². The molecule has 594 valence electrons. The monoisotopic (exact) mass is 1470 g/mol. The second-order valence-corrected chi connectivity index (χ2v) is 32.5. The Kier molecular flexibility index (Phi) is 72.5. The van der Waals surface area contributed by atoms with Gasteiger partial charge in [-0.1, -0.05) is 381 Å². The summed E-state index contributed by atoms with van der Waals surface area (Å²) in [5.74, 6) is -1.40. The molecule has 0 radical (unpaired) electrons. The molecule has 0 amide bonds. The first-order valence-corrected chi connectivity index (χ1v) is 45.1. The summed E-state index contributed by atoms with van der Waals surface area (Å²) in [4.78, 5) is 72.8. The van der Waals surface area contributed by atoms with Crippen molar-refractivity contribution in [3.63, 3.8) is 0 Å². The molecule has 0 saturated heterocycles. The van der Waals surface area contributed by atoms with Crippen LogP contribution in [-0.2, 0) is 65.4 Å². The maximum Gasteiger partial charge on any atom is 0.472 e. The molecule has 3 N–H and O–H groups in total. The van der Waals surface area contributed by atoms with Crippen molar-refractivity contribution in [2.45, 2.75) is 451 Å². The van der Waals surface area contributed by atoms with Crippen LogP contribution in [0.4, 0.5) is 0 Å². The van der Waals surface area contributed by atoms with Gasteiger partial charge in [-0.2, -0.15) is 0 Å². The highest BCUT2D eigenvalue weighted by atomic mass is 31.2. The fraction of sp³-hybridized carbons (Fsp3) is 0.951. The molecule has 0 aromatic rings. The number of aliphatic hydroxyl groups is 1. The van der Waals surface area contributed by atoms with Crippen LogP contribution < -0.4 is 0 Å². The third-order valence-corrected chi connectivity index (χ3v) is 20.9. The highest BCUT2D eigenvalue weighted by molar-refractivity contribution is 7.47. The van der Waals surface area contributed by atoms with Gasteiger partial charge in [-0.3, -0.25) is 37.3 Å². The molecule has 0 aromatic heterocycles. The lowest BCUT2D eigenvalue weighted by Gasteiger charge is -2.21. The molecule has 100 heavy (non-hydrogen) atoms. The number of aliphatic hydroxyl groups excluding tert-OH is 1. The molecule has 0 aliphatic carbocycles. The van der Waals surface area contributed by atoms with E-state index in [0.29, 0.717) is 25.7 Å². The molecule has 0 fully saturated rings. The Hall–Kier alpha value is -1.94.